The Bertz CT molecular complexity index is 484. The summed E-state index contributed by atoms with van der Waals surface area (Å²) in [7, 11) is 0. The largest absolute Gasteiger partial charge is 0.379 e. The van der Waals surface area contributed by atoms with Gasteiger partial charge in [0, 0.05) is 26.2 Å². The van der Waals surface area contributed by atoms with E-state index in [9.17, 15) is 0 Å². The maximum absolute atomic E-state index is 5.88. The Morgan fingerprint density at radius 2 is 1.83 bits per heavy atom. The second-order valence-electron chi connectivity index (χ2n) is 6.52. The molecule has 1 aromatic carbocycles. The number of nitrogens with zero attached hydrogens (tertiary/aromatic N) is 2. The van der Waals surface area contributed by atoms with Gasteiger partial charge in [-0.15, -0.1) is 24.0 Å². The summed E-state index contributed by atoms with van der Waals surface area (Å²) in [5.74, 6) is 1.21. The molecule has 5 nitrogen and oxygen atoms in total. The van der Waals surface area contributed by atoms with Gasteiger partial charge in [0.15, 0.2) is 5.96 Å². The highest BCUT2D eigenvalue weighted by molar-refractivity contribution is 14.0. The van der Waals surface area contributed by atoms with Gasteiger partial charge in [0.1, 0.15) is 0 Å². The van der Waals surface area contributed by atoms with Crippen molar-refractivity contribution in [2.24, 2.45) is 16.6 Å². The van der Waals surface area contributed by atoms with Crippen LogP contribution in [-0.4, -0.2) is 43.7 Å². The molecule has 0 unspecified atom stereocenters. The minimum absolute atomic E-state index is 0. The maximum atomic E-state index is 5.88. The third-order valence-corrected chi connectivity index (χ3v) is 3.99. The van der Waals surface area contributed by atoms with E-state index in [2.05, 4.69) is 53.3 Å². The van der Waals surface area contributed by atoms with Crippen molar-refractivity contribution in [2.75, 3.05) is 32.8 Å². The van der Waals surface area contributed by atoms with Crippen molar-refractivity contribution in [3.63, 3.8) is 0 Å². The molecule has 1 aliphatic heterocycles. The van der Waals surface area contributed by atoms with Crippen molar-refractivity contribution < 1.29 is 4.74 Å². The lowest BCUT2D eigenvalue weighted by Gasteiger charge is -2.26. The molecule has 1 saturated heterocycles. The molecule has 0 atom stereocenters. The molecular weight excluding hydrogens is 415 g/mol. The van der Waals surface area contributed by atoms with Crippen LogP contribution in [0.2, 0.25) is 0 Å². The lowest BCUT2D eigenvalue weighted by Crippen LogP contribution is -2.35. The Morgan fingerprint density at radius 1 is 1.21 bits per heavy atom. The van der Waals surface area contributed by atoms with Crippen LogP contribution in [0.3, 0.4) is 0 Å². The minimum atomic E-state index is 0. The Balaban J connectivity index is 0.00000288. The van der Waals surface area contributed by atoms with Gasteiger partial charge in [-0.1, -0.05) is 38.1 Å². The summed E-state index contributed by atoms with van der Waals surface area (Å²) in [6.07, 6.45) is 1.10. The van der Waals surface area contributed by atoms with Crippen molar-refractivity contribution >= 4 is 29.9 Å². The van der Waals surface area contributed by atoms with E-state index < -0.39 is 0 Å². The molecule has 0 spiro atoms. The molecular formula is C18H31IN4O. The number of halogens is 1. The Hall–Kier alpha value is -0.860. The van der Waals surface area contributed by atoms with Gasteiger partial charge in [-0.3, -0.25) is 4.90 Å². The number of ether oxygens (including phenoxy) is 1. The van der Waals surface area contributed by atoms with E-state index in [1.807, 2.05) is 0 Å². The fourth-order valence-corrected chi connectivity index (χ4v) is 2.49. The molecule has 1 fully saturated rings. The number of hydrogen-bond donors (Lipinski definition) is 2. The van der Waals surface area contributed by atoms with Gasteiger partial charge in [0.05, 0.1) is 19.8 Å². The predicted octanol–water partition coefficient (Wildman–Crippen LogP) is 2.59. The van der Waals surface area contributed by atoms with Gasteiger partial charge in [0.2, 0.25) is 0 Å². The number of nitrogens with one attached hydrogen (secondary N) is 1. The van der Waals surface area contributed by atoms with Gasteiger partial charge in [-0.25, -0.2) is 4.99 Å². The van der Waals surface area contributed by atoms with Gasteiger partial charge >= 0.3 is 0 Å². The van der Waals surface area contributed by atoms with Crippen LogP contribution >= 0.6 is 24.0 Å². The summed E-state index contributed by atoms with van der Waals surface area (Å²) >= 11 is 0. The first-order chi connectivity index (χ1) is 11.1. The molecule has 0 bridgehead atoms. The number of hydrogen-bond acceptors (Lipinski definition) is 3. The molecule has 6 heteroatoms. The zero-order chi connectivity index (χ0) is 16.5. The first-order valence-electron chi connectivity index (χ1n) is 8.55. The lowest BCUT2D eigenvalue weighted by atomic mass is 10.1. The summed E-state index contributed by atoms with van der Waals surface area (Å²) in [6, 6.07) is 8.65. The van der Waals surface area contributed by atoms with E-state index in [0.29, 0.717) is 18.4 Å². The summed E-state index contributed by atoms with van der Waals surface area (Å²) in [4.78, 5) is 6.82. The van der Waals surface area contributed by atoms with E-state index in [1.165, 1.54) is 11.1 Å². The SMILES string of the molecule is CC(C)CCNC(N)=NCc1ccc(CN2CCOCC2)cc1.I. The van der Waals surface area contributed by atoms with E-state index in [4.69, 9.17) is 10.5 Å². The van der Waals surface area contributed by atoms with Crippen LogP contribution in [0.15, 0.2) is 29.3 Å². The summed E-state index contributed by atoms with van der Waals surface area (Å²) in [5.41, 5.74) is 8.40. The first-order valence-corrected chi connectivity index (χ1v) is 8.55. The van der Waals surface area contributed by atoms with Crippen LogP contribution in [0.25, 0.3) is 0 Å². The average molecular weight is 446 g/mol. The van der Waals surface area contributed by atoms with Gasteiger partial charge in [-0.05, 0) is 23.5 Å². The van der Waals surface area contributed by atoms with Crippen LogP contribution in [-0.2, 0) is 17.8 Å². The number of benzene rings is 1. The summed E-state index contributed by atoms with van der Waals surface area (Å²) in [6.45, 7) is 10.6. The number of aliphatic imine (C=N–C) groups is 1. The monoisotopic (exact) mass is 446 g/mol. The number of guanidine groups is 1. The number of nitrogens with two attached hydrogens (primary N) is 1. The molecule has 0 saturated carbocycles. The standard InChI is InChI=1S/C18H30N4O.HI/c1-15(2)7-8-20-18(19)21-13-16-3-5-17(6-4-16)14-22-9-11-23-12-10-22;/h3-6,15H,7-14H2,1-2H3,(H3,19,20,21);1H. The van der Waals surface area contributed by atoms with Gasteiger partial charge in [0.25, 0.3) is 0 Å². The summed E-state index contributed by atoms with van der Waals surface area (Å²) < 4.78 is 5.38. The van der Waals surface area contributed by atoms with Crippen LogP contribution in [0, 0.1) is 5.92 Å². The van der Waals surface area contributed by atoms with Crippen LogP contribution in [0.1, 0.15) is 31.4 Å². The highest BCUT2D eigenvalue weighted by Crippen LogP contribution is 2.10. The maximum Gasteiger partial charge on any atom is 0.188 e. The van der Waals surface area contributed by atoms with Crippen molar-refractivity contribution in [2.45, 2.75) is 33.4 Å². The molecule has 0 radical (unpaired) electrons. The third-order valence-electron chi connectivity index (χ3n) is 3.99. The van der Waals surface area contributed by atoms with Crippen molar-refractivity contribution in [1.82, 2.24) is 10.2 Å². The van der Waals surface area contributed by atoms with Crippen LogP contribution < -0.4 is 11.1 Å². The topological polar surface area (TPSA) is 62.9 Å². The number of rotatable bonds is 7. The minimum Gasteiger partial charge on any atom is -0.379 e. The second-order valence-corrected chi connectivity index (χ2v) is 6.52. The molecule has 1 heterocycles. The van der Waals surface area contributed by atoms with Crippen LogP contribution in [0.5, 0.6) is 0 Å². The Morgan fingerprint density at radius 3 is 2.46 bits per heavy atom. The Labute approximate surface area is 163 Å². The van der Waals surface area contributed by atoms with E-state index in [-0.39, 0.29) is 24.0 Å². The van der Waals surface area contributed by atoms with Gasteiger partial charge in [-0.2, -0.15) is 0 Å². The number of morpholine rings is 1. The highest BCUT2D eigenvalue weighted by Gasteiger charge is 2.10. The molecule has 136 valence electrons. The fraction of sp³-hybridized carbons (Fsp3) is 0.611. The molecule has 24 heavy (non-hydrogen) atoms. The third kappa shape index (κ3) is 8.30. The van der Waals surface area contributed by atoms with Crippen molar-refractivity contribution in [1.29, 1.82) is 0 Å². The molecule has 2 rings (SSSR count). The highest BCUT2D eigenvalue weighted by atomic mass is 127. The van der Waals surface area contributed by atoms with E-state index >= 15 is 0 Å². The van der Waals surface area contributed by atoms with E-state index in [0.717, 1.165) is 45.8 Å². The molecule has 1 aliphatic rings. The average Bonchev–Trinajstić information content (AvgIpc) is 2.55. The molecule has 0 amide bonds. The van der Waals surface area contributed by atoms with Crippen molar-refractivity contribution in [3.05, 3.63) is 35.4 Å². The molecule has 1 aromatic rings. The van der Waals surface area contributed by atoms with Gasteiger partial charge < -0.3 is 15.8 Å². The zero-order valence-electron chi connectivity index (χ0n) is 14.8. The molecule has 0 aromatic heterocycles. The lowest BCUT2D eigenvalue weighted by molar-refractivity contribution is 0.0342. The quantitative estimate of drug-likeness (QED) is 0.384. The zero-order valence-corrected chi connectivity index (χ0v) is 17.2. The second kappa shape index (κ2) is 11.7. The smallest absolute Gasteiger partial charge is 0.188 e. The van der Waals surface area contributed by atoms with E-state index in [1.54, 1.807) is 0 Å². The van der Waals surface area contributed by atoms with Crippen LogP contribution in [0.4, 0.5) is 0 Å². The fourth-order valence-electron chi connectivity index (χ4n) is 2.49. The normalized spacial score (nSPS) is 16.0. The summed E-state index contributed by atoms with van der Waals surface area (Å²) in [5, 5.41) is 3.16. The first kappa shape index (κ1) is 21.2. The Kier molecular flexibility index (Phi) is 10.3. The molecule has 0 aliphatic carbocycles. The predicted molar refractivity (Wildman–Crippen MR) is 111 cm³/mol. The molecule has 3 N–H and O–H groups in total. The van der Waals surface area contributed by atoms with Crippen molar-refractivity contribution in [3.8, 4) is 0 Å².